The molecule has 3 heteroatoms. The van der Waals surface area contributed by atoms with Gasteiger partial charge in [-0.3, -0.25) is 0 Å². The van der Waals surface area contributed by atoms with Crippen LogP contribution in [-0.2, 0) is 6.42 Å². The second kappa shape index (κ2) is 5.11. The fourth-order valence-corrected chi connectivity index (χ4v) is 2.67. The third-order valence-electron chi connectivity index (χ3n) is 2.41. The van der Waals surface area contributed by atoms with Gasteiger partial charge in [-0.25, -0.2) is 4.98 Å². The van der Waals surface area contributed by atoms with E-state index in [1.165, 1.54) is 15.4 Å². The van der Waals surface area contributed by atoms with Crippen molar-refractivity contribution >= 4 is 27.3 Å². The third kappa shape index (κ3) is 2.92. The average molecular weight is 296 g/mol. The zero-order valence-electron chi connectivity index (χ0n) is 9.40. The Labute approximate surface area is 109 Å². The van der Waals surface area contributed by atoms with E-state index in [-0.39, 0.29) is 0 Å². The number of halogens is 1. The number of rotatable bonds is 3. The van der Waals surface area contributed by atoms with E-state index in [1.807, 2.05) is 17.5 Å². The van der Waals surface area contributed by atoms with E-state index in [2.05, 4.69) is 59.0 Å². The number of nitrogens with zero attached hydrogens (tertiary/aromatic N) is 1. The summed E-state index contributed by atoms with van der Waals surface area (Å²) in [6.45, 7) is 4.41. The number of hydrogen-bond acceptors (Lipinski definition) is 2. The van der Waals surface area contributed by atoms with E-state index in [9.17, 15) is 0 Å². The molecule has 1 nitrogen and oxygen atoms in total. The van der Waals surface area contributed by atoms with Gasteiger partial charge in [0.2, 0.25) is 0 Å². The quantitative estimate of drug-likeness (QED) is 0.805. The van der Waals surface area contributed by atoms with Gasteiger partial charge in [0, 0.05) is 22.0 Å². The van der Waals surface area contributed by atoms with Crippen molar-refractivity contribution in [3.8, 4) is 0 Å². The van der Waals surface area contributed by atoms with E-state index < -0.39 is 0 Å². The van der Waals surface area contributed by atoms with Gasteiger partial charge in [-0.05, 0) is 23.6 Å². The van der Waals surface area contributed by atoms with Crippen LogP contribution >= 0.6 is 27.3 Å². The van der Waals surface area contributed by atoms with Crippen LogP contribution in [0.3, 0.4) is 0 Å². The molecule has 0 saturated heterocycles. The SMILES string of the molecule is CC(C)c1cnc(Cc2ccc(Br)cc2)s1. The van der Waals surface area contributed by atoms with Gasteiger partial charge in [-0.1, -0.05) is 41.9 Å². The van der Waals surface area contributed by atoms with Gasteiger partial charge >= 0.3 is 0 Å². The molecule has 0 bridgehead atoms. The second-order valence-electron chi connectivity index (χ2n) is 4.11. The molecule has 2 aromatic rings. The zero-order valence-corrected chi connectivity index (χ0v) is 11.8. The van der Waals surface area contributed by atoms with Crippen LogP contribution < -0.4 is 0 Å². The summed E-state index contributed by atoms with van der Waals surface area (Å²) in [5.74, 6) is 0.580. The average Bonchev–Trinajstić information content (AvgIpc) is 2.70. The van der Waals surface area contributed by atoms with E-state index in [0.29, 0.717) is 5.92 Å². The van der Waals surface area contributed by atoms with Gasteiger partial charge in [0.1, 0.15) is 0 Å². The largest absolute Gasteiger partial charge is 0.249 e. The lowest BCUT2D eigenvalue weighted by atomic mass is 10.2. The molecule has 16 heavy (non-hydrogen) atoms. The maximum absolute atomic E-state index is 4.46. The van der Waals surface area contributed by atoms with Crippen LogP contribution in [0.1, 0.15) is 35.2 Å². The fraction of sp³-hybridized carbons (Fsp3) is 0.308. The first kappa shape index (κ1) is 11.8. The van der Waals surface area contributed by atoms with Crippen LogP contribution in [0.15, 0.2) is 34.9 Å². The minimum absolute atomic E-state index is 0.580. The van der Waals surface area contributed by atoms with Crippen molar-refractivity contribution in [3.63, 3.8) is 0 Å². The third-order valence-corrected chi connectivity index (χ3v) is 4.24. The predicted molar refractivity (Wildman–Crippen MR) is 73.2 cm³/mol. The summed E-state index contributed by atoms with van der Waals surface area (Å²) in [4.78, 5) is 5.83. The normalized spacial score (nSPS) is 11.0. The smallest absolute Gasteiger partial charge is 0.0971 e. The molecule has 0 fully saturated rings. The number of thiazole rings is 1. The van der Waals surface area contributed by atoms with Crippen LogP contribution in [0, 0.1) is 0 Å². The highest BCUT2D eigenvalue weighted by Crippen LogP contribution is 2.23. The Kier molecular flexibility index (Phi) is 3.77. The molecule has 0 aliphatic heterocycles. The molecule has 1 aromatic carbocycles. The van der Waals surface area contributed by atoms with Crippen molar-refractivity contribution in [1.29, 1.82) is 0 Å². The second-order valence-corrected chi connectivity index (χ2v) is 6.18. The molecule has 0 aliphatic carbocycles. The van der Waals surface area contributed by atoms with Gasteiger partial charge in [-0.2, -0.15) is 0 Å². The lowest BCUT2D eigenvalue weighted by Crippen LogP contribution is -1.85. The standard InChI is InChI=1S/C13H14BrNS/c1-9(2)12-8-15-13(16-12)7-10-3-5-11(14)6-4-10/h3-6,8-9H,7H2,1-2H3. The summed E-state index contributed by atoms with van der Waals surface area (Å²) < 4.78 is 1.12. The van der Waals surface area contributed by atoms with Crippen LogP contribution in [0.5, 0.6) is 0 Å². The van der Waals surface area contributed by atoms with Crippen molar-refractivity contribution in [2.75, 3.05) is 0 Å². The summed E-state index contributed by atoms with van der Waals surface area (Å²) >= 11 is 5.26. The lowest BCUT2D eigenvalue weighted by molar-refractivity contribution is 0.885. The zero-order chi connectivity index (χ0) is 11.5. The Morgan fingerprint density at radius 1 is 1.25 bits per heavy atom. The Balaban J connectivity index is 2.11. The highest BCUT2D eigenvalue weighted by Gasteiger charge is 2.06. The number of aromatic nitrogens is 1. The summed E-state index contributed by atoms with van der Waals surface area (Å²) in [6, 6.07) is 8.43. The van der Waals surface area contributed by atoms with Crippen LogP contribution in [-0.4, -0.2) is 4.98 Å². The Bertz CT molecular complexity index is 459. The molecule has 0 N–H and O–H groups in total. The molecule has 1 heterocycles. The maximum atomic E-state index is 4.46. The topological polar surface area (TPSA) is 12.9 Å². The fourth-order valence-electron chi connectivity index (χ4n) is 1.45. The number of hydrogen-bond donors (Lipinski definition) is 0. The van der Waals surface area contributed by atoms with Gasteiger partial charge in [0.15, 0.2) is 0 Å². The molecule has 0 radical (unpaired) electrons. The highest BCUT2D eigenvalue weighted by atomic mass is 79.9. The van der Waals surface area contributed by atoms with E-state index in [4.69, 9.17) is 0 Å². The molecule has 84 valence electrons. The molecule has 1 aromatic heterocycles. The predicted octanol–water partition coefficient (Wildman–Crippen LogP) is 4.62. The van der Waals surface area contributed by atoms with Crippen molar-refractivity contribution in [2.45, 2.75) is 26.2 Å². The van der Waals surface area contributed by atoms with Crippen LogP contribution in [0.2, 0.25) is 0 Å². The van der Waals surface area contributed by atoms with Crippen molar-refractivity contribution in [1.82, 2.24) is 4.98 Å². The van der Waals surface area contributed by atoms with Crippen LogP contribution in [0.25, 0.3) is 0 Å². The van der Waals surface area contributed by atoms with Crippen LogP contribution in [0.4, 0.5) is 0 Å². The number of benzene rings is 1. The summed E-state index contributed by atoms with van der Waals surface area (Å²) in [5.41, 5.74) is 1.31. The molecule has 2 rings (SSSR count). The molecule has 0 amide bonds. The van der Waals surface area contributed by atoms with Gasteiger partial charge in [0.05, 0.1) is 5.01 Å². The first-order valence-electron chi connectivity index (χ1n) is 5.34. The monoisotopic (exact) mass is 295 g/mol. The van der Waals surface area contributed by atoms with E-state index in [1.54, 1.807) is 0 Å². The molecule has 0 unspecified atom stereocenters. The Hall–Kier alpha value is -0.670. The molecule has 0 spiro atoms. The summed E-state index contributed by atoms with van der Waals surface area (Å²) in [5, 5.41) is 1.20. The van der Waals surface area contributed by atoms with Gasteiger partial charge < -0.3 is 0 Å². The molecule has 0 aliphatic rings. The minimum atomic E-state index is 0.580. The molecule has 0 atom stereocenters. The maximum Gasteiger partial charge on any atom is 0.0971 e. The molecular formula is C13H14BrNS. The highest BCUT2D eigenvalue weighted by molar-refractivity contribution is 9.10. The lowest BCUT2D eigenvalue weighted by Gasteiger charge is -1.98. The van der Waals surface area contributed by atoms with E-state index in [0.717, 1.165) is 10.9 Å². The summed E-state index contributed by atoms with van der Waals surface area (Å²) in [7, 11) is 0. The summed E-state index contributed by atoms with van der Waals surface area (Å²) in [6.07, 6.45) is 2.94. The molecule has 0 saturated carbocycles. The van der Waals surface area contributed by atoms with Crippen molar-refractivity contribution < 1.29 is 0 Å². The Morgan fingerprint density at radius 2 is 1.94 bits per heavy atom. The Morgan fingerprint density at radius 3 is 2.50 bits per heavy atom. The minimum Gasteiger partial charge on any atom is -0.249 e. The molecular weight excluding hydrogens is 282 g/mol. The first-order valence-corrected chi connectivity index (χ1v) is 6.95. The van der Waals surface area contributed by atoms with Crippen molar-refractivity contribution in [3.05, 3.63) is 50.4 Å². The van der Waals surface area contributed by atoms with Gasteiger partial charge in [-0.15, -0.1) is 11.3 Å². The van der Waals surface area contributed by atoms with Crippen molar-refractivity contribution in [2.24, 2.45) is 0 Å². The van der Waals surface area contributed by atoms with Gasteiger partial charge in [0.25, 0.3) is 0 Å². The first-order chi connectivity index (χ1) is 7.65. The van der Waals surface area contributed by atoms with E-state index >= 15 is 0 Å².